The number of methoxy groups -OCH3 is 1. The SMILES string of the molecule is COC(=O)c1ccc(OCc2ccc(C(=O)Nc3cnn(Cc4ccc(Cl)c(Cl)c4)c3)o2)cc1. The molecule has 0 aliphatic rings. The average Bonchev–Trinajstić information content (AvgIpc) is 3.49. The number of hydrogen-bond acceptors (Lipinski definition) is 6. The summed E-state index contributed by atoms with van der Waals surface area (Å²) >= 11 is 12.0. The minimum absolute atomic E-state index is 0.117. The molecule has 0 saturated carbocycles. The van der Waals surface area contributed by atoms with Crippen molar-refractivity contribution >= 4 is 40.8 Å². The summed E-state index contributed by atoms with van der Waals surface area (Å²) in [4.78, 5) is 24.0. The second kappa shape index (κ2) is 10.5. The molecule has 2 heterocycles. The fourth-order valence-corrected chi connectivity index (χ4v) is 3.39. The molecule has 0 aliphatic carbocycles. The topological polar surface area (TPSA) is 95.6 Å². The van der Waals surface area contributed by atoms with Crippen molar-refractivity contribution in [3.8, 4) is 5.75 Å². The molecule has 0 spiro atoms. The summed E-state index contributed by atoms with van der Waals surface area (Å²) in [7, 11) is 1.32. The molecule has 0 fully saturated rings. The van der Waals surface area contributed by atoms with Crippen LogP contribution < -0.4 is 10.1 Å². The van der Waals surface area contributed by atoms with Gasteiger partial charge in [0.15, 0.2) is 5.76 Å². The number of amides is 1. The molecule has 2 aromatic carbocycles. The van der Waals surface area contributed by atoms with Crippen LogP contribution in [-0.4, -0.2) is 28.8 Å². The first-order valence-corrected chi connectivity index (χ1v) is 10.8. The van der Waals surface area contributed by atoms with Gasteiger partial charge in [-0.3, -0.25) is 9.48 Å². The highest BCUT2D eigenvalue weighted by Crippen LogP contribution is 2.23. The number of furan rings is 1. The fraction of sp³-hybridized carbons (Fsp3) is 0.125. The zero-order chi connectivity index (χ0) is 24.1. The number of anilines is 1. The van der Waals surface area contributed by atoms with Gasteiger partial charge in [0.2, 0.25) is 0 Å². The van der Waals surface area contributed by atoms with Gasteiger partial charge < -0.3 is 19.2 Å². The number of carbonyl (C=O) groups is 2. The number of hydrogen-bond donors (Lipinski definition) is 1. The van der Waals surface area contributed by atoms with Crippen LogP contribution in [0.4, 0.5) is 5.69 Å². The first kappa shape index (κ1) is 23.4. The largest absolute Gasteiger partial charge is 0.486 e. The van der Waals surface area contributed by atoms with Crippen LogP contribution in [0, 0.1) is 0 Å². The molecule has 0 bridgehead atoms. The van der Waals surface area contributed by atoms with E-state index in [-0.39, 0.29) is 12.4 Å². The Balaban J connectivity index is 1.31. The van der Waals surface area contributed by atoms with Crippen LogP contribution >= 0.6 is 23.2 Å². The third kappa shape index (κ3) is 5.78. The van der Waals surface area contributed by atoms with Crippen molar-refractivity contribution in [2.24, 2.45) is 0 Å². The van der Waals surface area contributed by atoms with Gasteiger partial charge in [-0.15, -0.1) is 0 Å². The molecule has 10 heteroatoms. The molecule has 0 saturated heterocycles. The highest BCUT2D eigenvalue weighted by molar-refractivity contribution is 6.42. The van der Waals surface area contributed by atoms with E-state index < -0.39 is 11.9 Å². The van der Waals surface area contributed by atoms with Crippen molar-refractivity contribution in [2.45, 2.75) is 13.2 Å². The summed E-state index contributed by atoms with van der Waals surface area (Å²) in [5.74, 6) is 0.315. The number of nitrogens with zero attached hydrogens (tertiary/aromatic N) is 2. The van der Waals surface area contributed by atoms with E-state index in [4.69, 9.17) is 32.4 Å². The van der Waals surface area contributed by atoms with Crippen molar-refractivity contribution in [3.05, 3.63) is 99.7 Å². The van der Waals surface area contributed by atoms with Crippen LogP contribution in [-0.2, 0) is 17.9 Å². The molecule has 0 atom stereocenters. The molecular weight excluding hydrogens is 481 g/mol. The number of ether oxygens (including phenoxy) is 2. The van der Waals surface area contributed by atoms with Gasteiger partial charge in [0.05, 0.1) is 41.1 Å². The first-order valence-electron chi connectivity index (χ1n) is 10.1. The standard InChI is InChI=1S/C24H19Cl2N3O5/c1-32-24(31)16-3-5-18(6-4-16)33-14-19-7-9-22(34-19)23(30)28-17-11-27-29(13-17)12-15-2-8-20(25)21(26)10-15/h2-11,13H,12,14H2,1H3,(H,28,30). The minimum Gasteiger partial charge on any atom is -0.486 e. The first-order chi connectivity index (χ1) is 16.4. The molecule has 0 aliphatic heterocycles. The van der Waals surface area contributed by atoms with Gasteiger partial charge in [0, 0.05) is 6.20 Å². The van der Waals surface area contributed by atoms with Gasteiger partial charge in [-0.05, 0) is 54.1 Å². The molecule has 4 aromatic rings. The molecule has 174 valence electrons. The lowest BCUT2D eigenvalue weighted by molar-refractivity contribution is 0.0600. The van der Waals surface area contributed by atoms with Crippen LogP contribution in [0.25, 0.3) is 0 Å². The van der Waals surface area contributed by atoms with Crippen molar-refractivity contribution < 1.29 is 23.5 Å². The zero-order valence-electron chi connectivity index (χ0n) is 18.0. The molecular formula is C24H19Cl2N3O5. The van der Waals surface area contributed by atoms with E-state index in [1.165, 1.54) is 7.11 Å². The van der Waals surface area contributed by atoms with Crippen LogP contribution in [0.1, 0.15) is 32.2 Å². The van der Waals surface area contributed by atoms with Crippen LogP contribution in [0.3, 0.4) is 0 Å². The van der Waals surface area contributed by atoms with Crippen LogP contribution in [0.2, 0.25) is 10.0 Å². The maximum absolute atomic E-state index is 12.5. The van der Waals surface area contributed by atoms with Gasteiger partial charge in [-0.25, -0.2) is 4.79 Å². The third-order valence-electron chi connectivity index (χ3n) is 4.76. The van der Waals surface area contributed by atoms with Gasteiger partial charge in [0.25, 0.3) is 5.91 Å². The highest BCUT2D eigenvalue weighted by Gasteiger charge is 2.13. The van der Waals surface area contributed by atoms with E-state index >= 15 is 0 Å². The van der Waals surface area contributed by atoms with Gasteiger partial charge >= 0.3 is 5.97 Å². The van der Waals surface area contributed by atoms with Crippen molar-refractivity contribution in [3.63, 3.8) is 0 Å². The minimum atomic E-state index is -0.423. The summed E-state index contributed by atoms with van der Waals surface area (Å²) < 4.78 is 17.5. The van der Waals surface area contributed by atoms with Gasteiger partial charge in [0.1, 0.15) is 18.1 Å². The van der Waals surface area contributed by atoms with Crippen LogP contribution in [0.5, 0.6) is 5.75 Å². The maximum Gasteiger partial charge on any atom is 0.337 e. The van der Waals surface area contributed by atoms with E-state index in [9.17, 15) is 9.59 Å². The Morgan fingerprint density at radius 1 is 1.06 bits per heavy atom. The molecule has 2 aromatic heterocycles. The highest BCUT2D eigenvalue weighted by atomic mass is 35.5. The monoisotopic (exact) mass is 499 g/mol. The molecule has 1 N–H and O–H groups in total. The summed E-state index contributed by atoms with van der Waals surface area (Å²) in [5, 5.41) is 7.95. The van der Waals surface area contributed by atoms with Crippen LogP contribution in [0.15, 0.2) is 71.4 Å². The van der Waals surface area contributed by atoms with Gasteiger partial charge in [-0.2, -0.15) is 5.10 Å². The molecule has 0 radical (unpaired) electrons. The summed E-state index contributed by atoms with van der Waals surface area (Å²) in [6.07, 6.45) is 3.24. The molecule has 4 rings (SSSR count). The lowest BCUT2D eigenvalue weighted by Gasteiger charge is -2.05. The molecule has 34 heavy (non-hydrogen) atoms. The number of rotatable bonds is 8. The predicted octanol–water partition coefficient (Wildman–Crippen LogP) is 5.45. The third-order valence-corrected chi connectivity index (χ3v) is 5.50. The van der Waals surface area contributed by atoms with E-state index in [1.54, 1.807) is 65.6 Å². The van der Waals surface area contributed by atoms with E-state index in [1.807, 2.05) is 6.07 Å². The molecule has 0 unspecified atom stereocenters. The average molecular weight is 500 g/mol. The normalized spacial score (nSPS) is 10.7. The van der Waals surface area contributed by atoms with E-state index in [2.05, 4.69) is 15.2 Å². The lowest BCUT2D eigenvalue weighted by Crippen LogP contribution is -2.10. The number of nitrogens with one attached hydrogen (secondary N) is 1. The quantitative estimate of drug-likeness (QED) is 0.324. The van der Waals surface area contributed by atoms with E-state index in [0.29, 0.717) is 39.4 Å². The maximum atomic E-state index is 12.5. The fourth-order valence-electron chi connectivity index (χ4n) is 3.07. The van der Waals surface area contributed by atoms with Crippen molar-refractivity contribution in [1.29, 1.82) is 0 Å². The summed E-state index contributed by atoms with van der Waals surface area (Å²) in [6, 6.07) is 15.1. The Bertz CT molecular complexity index is 1310. The number of aromatic nitrogens is 2. The summed E-state index contributed by atoms with van der Waals surface area (Å²) in [5.41, 5.74) is 1.86. The Labute approximate surface area is 205 Å². The summed E-state index contributed by atoms with van der Waals surface area (Å²) in [6.45, 7) is 0.585. The number of halogens is 2. The number of carbonyl (C=O) groups excluding carboxylic acids is 2. The number of esters is 1. The number of benzene rings is 2. The Morgan fingerprint density at radius 2 is 1.85 bits per heavy atom. The smallest absolute Gasteiger partial charge is 0.337 e. The van der Waals surface area contributed by atoms with Crippen molar-refractivity contribution in [2.75, 3.05) is 12.4 Å². The van der Waals surface area contributed by atoms with Gasteiger partial charge in [-0.1, -0.05) is 29.3 Å². The predicted molar refractivity (Wildman–Crippen MR) is 127 cm³/mol. The Kier molecular flexibility index (Phi) is 7.20. The Hall–Kier alpha value is -3.75. The molecule has 8 nitrogen and oxygen atoms in total. The second-order valence-corrected chi connectivity index (χ2v) is 8.01. The Morgan fingerprint density at radius 3 is 2.59 bits per heavy atom. The van der Waals surface area contributed by atoms with E-state index in [0.717, 1.165) is 5.56 Å². The second-order valence-electron chi connectivity index (χ2n) is 7.20. The molecule has 1 amide bonds. The van der Waals surface area contributed by atoms with Crippen molar-refractivity contribution in [1.82, 2.24) is 9.78 Å². The lowest BCUT2D eigenvalue weighted by atomic mass is 10.2. The zero-order valence-corrected chi connectivity index (χ0v) is 19.5.